The van der Waals surface area contributed by atoms with Crippen molar-refractivity contribution in [3.8, 4) is 0 Å². The number of imidazole rings is 1. The molecule has 5 heteroatoms. The number of nitrogens with zero attached hydrogens (tertiary/aromatic N) is 3. The molecule has 2 aromatic rings. The van der Waals surface area contributed by atoms with Gasteiger partial charge in [-0.25, -0.2) is 9.97 Å². The zero-order chi connectivity index (χ0) is 11.7. The van der Waals surface area contributed by atoms with Gasteiger partial charge in [0.15, 0.2) is 0 Å². The highest BCUT2D eigenvalue weighted by molar-refractivity contribution is 5.08. The molecule has 0 aliphatic heterocycles. The maximum absolute atomic E-state index is 5.84. The smallest absolute Gasteiger partial charge is 0.214 e. The Morgan fingerprint density at radius 3 is 2.81 bits per heavy atom. The molecule has 5 nitrogen and oxygen atoms in total. The van der Waals surface area contributed by atoms with Gasteiger partial charge in [-0.3, -0.25) is 0 Å². The third-order valence-corrected chi connectivity index (χ3v) is 2.59. The predicted octanol–water partition coefficient (Wildman–Crippen LogP) is 1.56. The average Bonchev–Trinajstić information content (AvgIpc) is 2.75. The molecule has 0 radical (unpaired) electrons. The standard InChI is InChI=1S/C11H16N4O/c1-7(12)10-4-13-6-15(10)5-11-14-8(2)9(3)16-11/h4,6-7H,5,12H2,1-3H3. The van der Waals surface area contributed by atoms with Crippen LogP contribution < -0.4 is 5.73 Å². The predicted molar refractivity (Wildman–Crippen MR) is 59.9 cm³/mol. The van der Waals surface area contributed by atoms with Crippen LogP contribution in [-0.2, 0) is 6.54 Å². The highest BCUT2D eigenvalue weighted by atomic mass is 16.4. The summed E-state index contributed by atoms with van der Waals surface area (Å²) in [5.41, 5.74) is 7.74. The Hall–Kier alpha value is -1.62. The molecule has 0 aliphatic rings. The van der Waals surface area contributed by atoms with Crippen molar-refractivity contribution in [3.63, 3.8) is 0 Å². The van der Waals surface area contributed by atoms with Crippen molar-refractivity contribution in [1.82, 2.24) is 14.5 Å². The molecule has 16 heavy (non-hydrogen) atoms. The van der Waals surface area contributed by atoms with Gasteiger partial charge in [-0.1, -0.05) is 0 Å². The Kier molecular flexibility index (Phi) is 2.78. The third kappa shape index (κ3) is 1.99. The van der Waals surface area contributed by atoms with Gasteiger partial charge in [0, 0.05) is 12.2 Å². The maximum atomic E-state index is 5.84. The zero-order valence-electron chi connectivity index (χ0n) is 9.77. The summed E-state index contributed by atoms with van der Waals surface area (Å²) in [6.45, 7) is 6.35. The summed E-state index contributed by atoms with van der Waals surface area (Å²) in [5.74, 6) is 1.55. The first-order chi connectivity index (χ1) is 7.58. The van der Waals surface area contributed by atoms with Crippen LogP contribution in [0.4, 0.5) is 0 Å². The number of hydrogen-bond acceptors (Lipinski definition) is 4. The second-order valence-corrected chi connectivity index (χ2v) is 3.98. The van der Waals surface area contributed by atoms with E-state index in [4.69, 9.17) is 10.2 Å². The molecule has 0 aliphatic carbocycles. The lowest BCUT2D eigenvalue weighted by molar-refractivity contribution is 0.451. The van der Waals surface area contributed by atoms with E-state index >= 15 is 0 Å². The minimum absolute atomic E-state index is 0.0420. The molecule has 0 fully saturated rings. The molecule has 0 aromatic carbocycles. The topological polar surface area (TPSA) is 69.9 Å². The van der Waals surface area contributed by atoms with E-state index in [2.05, 4.69) is 9.97 Å². The first-order valence-corrected chi connectivity index (χ1v) is 5.26. The minimum atomic E-state index is -0.0420. The summed E-state index contributed by atoms with van der Waals surface area (Å²) in [7, 11) is 0. The Labute approximate surface area is 94.3 Å². The molecule has 2 heterocycles. The highest BCUT2D eigenvalue weighted by Gasteiger charge is 2.10. The molecule has 1 atom stereocenters. The minimum Gasteiger partial charge on any atom is -0.444 e. The van der Waals surface area contributed by atoms with Crippen LogP contribution in [0, 0.1) is 13.8 Å². The zero-order valence-corrected chi connectivity index (χ0v) is 9.77. The molecular weight excluding hydrogens is 204 g/mol. The summed E-state index contributed by atoms with van der Waals surface area (Å²) in [6, 6.07) is -0.0420. The van der Waals surface area contributed by atoms with Crippen molar-refractivity contribution in [2.45, 2.75) is 33.4 Å². The first kappa shape index (κ1) is 10.9. The van der Waals surface area contributed by atoms with Crippen molar-refractivity contribution in [3.05, 3.63) is 35.6 Å². The van der Waals surface area contributed by atoms with Gasteiger partial charge < -0.3 is 14.7 Å². The van der Waals surface area contributed by atoms with Crippen LogP contribution in [0.3, 0.4) is 0 Å². The van der Waals surface area contributed by atoms with Crippen LogP contribution in [0.15, 0.2) is 16.9 Å². The van der Waals surface area contributed by atoms with Gasteiger partial charge in [-0.2, -0.15) is 0 Å². The maximum Gasteiger partial charge on any atom is 0.214 e. The van der Waals surface area contributed by atoms with Gasteiger partial charge in [-0.15, -0.1) is 0 Å². The van der Waals surface area contributed by atoms with Gasteiger partial charge >= 0.3 is 0 Å². The lowest BCUT2D eigenvalue weighted by Gasteiger charge is -2.08. The first-order valence-electron chi connectivity index (χ1n) is 5.26. The second-order valence-electron chi connectivity index (χ2n) is 3.98. The highest BCUT2D eigenvalue weighted by Crippen LogP contribution is 2.13. The van der Waals surface area contributed by atoms with E-state index in [1.807, 2.05) is 25.3 Å². The van der Waals surface area contributed by atoms with E-state index in [1.165, 1.54) is 0 Å². The van der Waals surface area contributed by atoms with Crippen molar-refractivity contribution in [2.24, 2.45) is 5.73 Å². The summed E-state index contributed by atoms with van der Waals surface area (Å²) < 4.78 is 7.48. The Bertz CT molecular complexity index is 464. The third-order valence-electron chi connectivity index (χ3n) is 2.59. The summed E-state index contributed by atoms with van der Waals surface area (Å²) in [4.78, 5) is 8.41. The fourth-order valence-corrected chi connectivity index (χ4v) is 1.59. The van der Waals surface area contributed by atoms with E-state index in [9.17, 15) is 0 Å². The number of aryl methyl sites for hydroxylation is 2. The average molecular weight is 220 g/mol. The van der Waals surface area contributed by atoms with Crippen LogP contribution in [0.1, 0.15) is 36.0 Å². The van der Waals surface area contributed by atoms with Crippen molar-refractivity contribution >= 4 is 0 Å². The lowest BCUT2D eigenvalue weighted by Crippen LogP contribution is -2.12. The molecule has 0 saturated heterocycles. The van der Waals surface area contributed by atoms with Crippen molar-refractivity contribution < 1.29 is 4.42 Å². The molecule has 0 saturated carbocycles. The molecule has 2 N–H and O–H groups in total. The van der Waals surface area contributed by atoms with E-state index in [0.717, 1.165) is 17.1 Å². The fourth-order valence-electron chi connectivity index (χ4n) is 1.59. The van der Waals surface area contributed by atoms with Crippen LogP contribution in [-0.4, -0.2) is 14.5 Å². The second kappa shape index (κ2) is 4.09. The molecule has 2 rings (SSSR count). The van der Waals surface area contributed by atoms with Crippen LogP contribution in [0.5, 0.6) is 0 Å². The van der Waals surface area contributed by atoms with E-state index in [0.29, 0.717) is 12.4 Å². The molecule has 1 unspecified atom stereocenters. The quantitative estimate of drug-likeness (QED) is 0.852. The van der Waals surface area contributed by atoms with Gasteiger partial charge in [0.1, 0.15) is 12.3 Å². The van der Waals surface area contributed by atoms with Crippen LogP contribution in [0.2, 0.25) is 0 Å². The lowest BCUT2D eigenvalue weighted by atomic mass is 10.3. The Balaban J connectivity index is 2.23. The molecular formula is C11H16N4O. The van der Waals surface area contributed by atoms with E-state index in [-0.39, 0.29) is 6.04 Å². The number of rotatable bonds is 3. The fraction of sp³-hybridized carbons (Fsp3) is 0.455. The normalized spacial score (nSPS) is 13.0. The largest absolute Gasteiger partial charge is 0.444 e. The molecule has 0 amide bonds. The molecule has 86 valence electrons. The Morgan fingerprint density at radius 2 is 2.25 bits per heavy atom. The summed E-state index contributed by atoms with van der Waals surface area (Å²) in [5, 5.41) is 0. The number of oxazole rings is 1. The SMILES string of the molecule is Cc1nc(Cn2cncc2C(C)N)oc1C. The van der Waals surface area contributed by atoms with E-state index < -0.39 is 0 Å². The van der Waals surface area contributed by atoms with Crippen LogP contribution in [0.25, 0.3) is 0 Å². The monoisotopic (exact) mass is 220 g/mol. The van der Waals surface area contributed by atoms with Gasteiger partial charge in [0.2, 0.25) is 5.89 Å². The van der Waals surface area contributed by atoms with Gasteiger partial charge in [0.25, 0.3) is 0 Å². The molecule has 0 spiro atoms. The van der Waals surface area contributed by atoms with Crippen molar-refractivity contribution in [1.29, 1.82) is 0 Å². The summed E-state index contributed by atoms with van der Waals surface area (Å²) >= 11 is 0. The number of nitrogens with two attached hydrogens (primary N) is 1. The number of hydrogen-bond donors (Lipinski definition) is 1. The van der Waals surface area contributed by atoms with Gasteiger partial charge in [0.05, 0.1) is 17.7 Å². The summed E-state index contributed by atoms with van der Waals surface area (Å²) in [6.07, 6.45) is 3.51. The van der Waals surface area contributed by atoms with Gasteiger partial charge in [-0.05, 0) is 20.8 Å². The van der Waals surface area contributed by atoms with E-state index in [1.54, 1.807) is 12.5 Å². The molecule has 2 aromatic heterocycles. The van der Waals surface area contributed by atoms with Crippen molar-refractivity contribution in [2.75, 3.05) is 0 Å². The number of aromatic nitrogens is 3. The Morgan fingerprint density at radius 1 is 1.50 bits per heavy atom. The van der Waals surface area contributed by atoms with Crippen LogP contribution >= 0.6 is 0 Å². The molecule has 0 bridgehead atoms.